The molecule has 2 rings (SSSR count). The number of nitrogens with zero attached hydrogens (tertiary/aromatic N) is 1. The average Bonchev–Trinajstić information content (AvgIpc) is 2.94. The highest BCUT2D eigenvalue weighted by Crippen LogP contribution is 2.28. The Kier molecular flexibility index (Phi) is 5.91. The fraction of sp³-hybridized carbons (Fsp3) is 0.375. The molecular formula is C16H21N3O2S. The maximum Gasteiger partial charge on any atom is 0.321 e. The molecule has 1 aromatic heterocycles. The molecule has 118 valence electrons. The highest BCUT2D eigenvalue weighted by molar-refractivity contribution is 7.19. The van der Waals surface area contributed by atoms with Crippen LogP contribution >= 0.6 is 11.3 Å². The van der Waals surface area contributed by atoms with Crippen LogP contribution in [-0.4, -0.2) is 28.8 Å². The number of thiazole rings is 1. The number of aliphatic hydroxyl groups excluding tert-OH is 1. The fourth-order valence-corrected chi connectivity index (χ4v) is 2.96. The third kappa shape index (κ3) is 5.13. The Morgan fingerprint density at radius 1 is 1.32 bits per heavy atom. The van der Waals surface area contributed by atoms with Crippen molar-refractivity contribution in [2.75, 3.05) is 11.9 Å². The van der Waals surface area contributed by atoms with Crippen molar-refractivity contribution in [1.29, 1.82) is 0 Å². The van der Waals surface area contributed by atoms with E-state index in [1.807, 2.05) is 37.3 Å². The van der Waals surface area contributed by atoms with Crippen molar-refractivity contribution in [1.82, 2.24) is 10.3 Å². The van der Waals surface area contributed by atoms with E-state index in [4.69, 9.17) is 0 Å². The van der Waals surface area contributed by atoms with Crippen LogP contribution in [-0.2, 0) is 0 Å². The first-order valence-corrected chi connectivity index (χ1v) is 8.10. The van der Waals surface area contributed by atoms with E-state index in [2.05, 4.69) is 15.6 Å². The van der Waals surface area contributed by atoms with Crippen molar-refractivity contribution >= 4 is 22.5 Å². The Morgan fingerprint density at radius 3 is 2.73 bits per heavy atom. The smallest absolute Gasteiger partial charge is 0.321 e. The van der Waals surface area contributed by atoms with Crippen LogP contribution in [0.1, 0.15) is 20.3 Å². The van der Waals surface area contributed by atoms with Crippen LogP contribution in [0, 0.1) is 5.92 Å². The number of benzene rings is 1. The van der Waals surface area contributed by atoms with Gasteiger partial charge in [-0.15, -0.1) is 0 Å². The zero-order valence-electron chi connectivity index (χ0n) is 12.7. The van der Waals surface area contributed by atoms with Gasteiger partial charge in [0.25, 0.3) is 0 Å². The second-order valence-electron chi connectivity index (χ2n) is 5.42. The fourth-order valence-electron chi connectivity index (χ4n) is 2.14. The van der Waals surface area contributed by atoms with E-state index in [1.165, 1.54) is 11.3 Å². The third-order valence-electron chi connectivity index (χ3n) is 3.14. The SMILES string of the molecule is CC(O)CC(C)CNC(=O)Nc1ncc(-c2ccccc2)s1. The second kappa shape index (κ2) is 7.91. The van der Waals surface area contributed by atoms with E-state index < -0.39 is 0 Å². The van der Waals surface area contributed by atoms with Crippen LogP contribution in [0.5, 0.6) is 0 Å². The van der Waals surface area contributed by atoms with Gasteiger partial charge in [0.05, 0.1) is 11.0 Å². The van der Waals surface area contributed by atoms with Gasteiger partial charge in [0, 0.05) is 12.7 Å². The number of carbonyl (C=O) groups is 1. The zero-order chi connectivity index (χ0) is 15.9. The Labute approximate surface area is 134 Å². The van der Waals surface area contributed by atoms with E-state index in [1.54, 1.807) is 13.1 Å². The van der Waals surface area contributed by atoms with Crippen molar-refractivity contribution in [2.24, 2.45) is 5.92 Å². The normalized spacial score (nSPS) is 13.4. The summed E-state index contributed by atoms with van der Waals surface area (Å²) in [4.78, 5) is 17.1. The number of aromatic nitrogens is 1. The topological polar surface area (TPSA) is 74.2 Å². The van der Waals surface area contributed by atoms with E-state index in [-0.39, 0.29) is 18.1 Å². The molecule has 1 aromatic carbocycles. The Bertz CT molecular complexity index is 598. The van der Waals surface area contributed by atoms with Gasteiger partial charge < -0.3 is 10.4 Å². The molecule has 1 heterocycles. The number of urea groups is 1. The zero-order valence-corrected chi connectivity index (χ0v) is 13.6. The molecule has 2 unspecified atom stereocenters. The van der Waals surface area contributed by atoms with E-state index in [0.29, 0.717) is 18.1 Å². The molecule has 22 heavy (non-hydrogen) atoms. The van der Waals surface area contributed by atoms with Crippen LogP contribution in [0.4, 0.5) is 9.93 Å². The molecule has 6 heteroatoms. The highest BCUT2D eigenvalue weighted by Gasteiger charge is 2.10. The third-order valence-corrected chi connectivity index (χ3v) is 4.10. The molecule has 0 aliphatic carbocycles. The first kappa shape index (κ1) is 16.5. The van der Waals surface area contributed by atoms with Gasteiger partial charge in [-0.2, -0.15) is 0 Å². The molecule has 2 atom stereocenters. The predicted octanol–water partition coefficient (Wildman–Crippen LogP) is 3.34. The summed E-state index contributed by atoms with van der Waals surface area (Å²) in [5, 5.41) is 15.4. The molecule has 0 aliphatic heterocycles. The Balaban J connectivity index is 1.84. The maximum atomic E-state index is 11.8. The summed E-state index contributed by atoms with van der Waals surface area (Å²) < 4.78 is 0. The molecule has 2 amide bonds. The molecule has 0 saturated carbocycles. The second-order valence-corrected chi connectivity index (χ2v) is 6.45. The summed E-state index contributed by atoms with van der Waals surface area (Å²) in [5.41, 5.74) is 1.08. The molecule has 0 saturated heterocycles. The molecular weight excluding hydrogens is 298 g/mol. The number of carbonyl (C=O) groups excluding carboxylic acids is 1. The molecule has 0 radical (unpaired) electrons. The summed E-state index contributed by atoms with van der Waals surface area (Å²) in [5.74, 6) is 0.224. The standard InChI is InChI=1S/C16H21N3O2S/c1-11(8-12(2)20)9-17-15(21)19-16-18-10-14(22-16)13-6-4-3-5-7-13/h3-7,10-12,20H,8-9H2,1-2H3,(H2,17,18,19,21). The van der Waals surface area contributed by atoms with Gasteiger partial charge in [0.15, 0.2) is 5.13 Å². The van der Waals surface area contributed by atoms with Crippen LogP contribution in [0.3, 0.4) is 0 Å². The van der Waals surface area contributed by atoms with Crippen molar-refractivity contribution in [3.63, 3.8) is 0 Å². The van der Waals surface area contributed by atoms with Crippen molar-refractivity contribution < 1.29 is 9.90 Å². The van der Waals surface area contributed by atoms with Crippen LogP contribution in [0.15, 0.2) is 36.5 Å². The Hall–Kier alpha value is -1.92. The monoisotopic (exact) mass is 319 g/mol. The van der Waals surface area contributed by atoms with Gasteiger partial charge in [0.1, 0.15) is 0 Å². The van der Waals surface area contributed by atoms with Crippen LogP contribution in [0.25, 0.3) is 10.4 Å². The van der Waals surface area contributed by atoms with E-state index in [9.17, 15) is 9.90 Å². The molecule has 5 nitrogen and oxygen atoms in total. The van der Waals surface area contributed by atoms with Crippen LogP contribution in [0.2, 0.25) is 0 Å². The number of rotatable bonds is 6. The summed E-state index contributed by atoms with van der Waals surface area (Å²) in [6.45, 7) is 4.26. The minimum atomic E-state index is -0.354. The molecule has 2 aromatic rings. The number of amides is 2. The maximum absolute atomic E-state index is 11.8. The van der Waals surface area contributed by atoms with E-state index in [0.717, 1.165) is 10.4 Å². The average molecular weight is 319 g/mol. The van der Waals surface area contributed by atoms with Crippen molar-refractivity contribution in [3.05, 3.63) is 36.5 Å². The lowest BCUT2D eigenvalue weighted by Gasteiger charge is -2.14. The minimum Gasteiger partial charge on any atom is -0.393 e. The highest BCUT2D eigenvalue weighted by atomic mass is 32.1. The van der Waals surface area contributed by atoms with Gasteiger partial charge in [-0.25, -0.2) is 9.78 Å². The molecule has 0 aliphatic rings. The Morgan fingerprint density at radius 2 is 2.05 bits per heavy atom. The quantitative estimate of drug-likeness (QED) is 0.764. The number of hydrogen-bond donors (Lipinski definition) is 3. The minimum absolute atomic E-state index is 0.224. The first-order chi connectivity index (χ1) is 10.5. The number of anilines is 1. The number of nitrogens with one attached hydrogen (secondary N) is 2. The van der Waals surface area contributed by atoms with Gasteiger partial charge in [-0.05, 0) is 24.8 Å². The van der Waals surface area contributed by atoms with Crippen molar-refractivity contribution in [3.8, 4) is 10.4 Å². The van der Waals surface area contributed by atoms with Crippen molar-refractivity contribution in [2.45, 2.75) is 26.4 Å². The number of hydrogen-bond acceptors (Lipinski definition) is 4. The molecule has 3 N–H and O–H groups in total. The molecule has 0 bridgehead atoms. The van der Waals surface area contributed by atoms with E-state index >= 15 is 0 Å². The van der Waals surface area contributed by atoms with Gasteiger partial charge >= 0.3 is 6.03 Å². The lowest BCUT2D eigenvalue weighted by atomic mass is 10.1. The molecule has 0 fully saturated rings. The predicted molar refractivity (Wildman–Crippen MR) is 90.0 cm³/mol. The lowest BCUT2D eigenvalue weighted by Crippen LogP contribution is -2.33. The largest absolute Gasteiger partial charge is 0.393 e. The molecule has 0 spiro atoms. The van der Waals surface area contributed by atoms with Gasteiger partial charge in [-0.1, -0.05) is 48.6 Å². The summed E-state index contributed by atoms with van der Waals surface area (Å²) in [7, 11) is 0. The summed E-state index contributed by atoms with van der Waals surface area (Å²) >= 11 is 1.44. The number of aliphatic hydroxyl groups is 1. The lowest BCUT2D eigenvalue weighted by molar-refractivity contribution is 0.163. The summed E-state index contributed by atoms with van der Waals surface area (Å²) in [6, 6.07) is 9.65. The van der Waals surface area contributed by atoms with Gasteiger partial charge in [-0.3, -0.25) is 5.32 Å². The summed E-state index contributed by atoms with van der Waals surface area (Å²) in [6.07, 6.45) is 2.06. The van der Waals surface area contributed by atoms with Gasteiger partial charge in [0.2, 0.25) is 0 Å². The van der Waals surface area contributed by atoms with Crippen LogP contribution < -0.4 is 10.6 Å². The first-order valence-electron chi connectivity index (χ1n) is 7.28.